The predicted octanol–water partition coefficient (Wildman–Crippen LogP) is 5.50. The van der Waals surface area contributed by atoms with Gasteiger partial charge < -0.3 is 0 Å². The molecule has 0 aliphatic heterocycles. The van der Waals surface area contributed by atoms with Crippen molar-refractivity contribution < 1.29 is 0 Å². The van der Waals surface area contributed by atoms with Crippen LogP contribution >= 0.6 is 0 Å². The van der Waals surface area contributed by atoms with E-state index in [0.29, 0.717) is 11.8 Å². The van der Waals surface area contributed by atoms with Crippen molar-refractivity contribution in [3.05, 3.63) is 46.0 Å². The van der Waals surface area contributed by atoms with Crippen molar-refractivity contribution in [3.8, 4) is 0 Å². The van der Waals surface area contributed by atoms with Crippen LogP contribution in [0, 0.1) is 13.8 Å². The van der Waals surface area contributed by atoms with Crippen LogP contribution < -0.4 is 0 Å². The Morgan fingerprint density at radius 3 is 2.12 bits per heavy atom. The molecule has 0 saturated heterocycles. The molecule has 0 amide bonds. The van der Waals surface area contributed by atoms with Crippen LogP contribution in [0.15, 0.2) is 23.8 Å². The molecule has 1 aromatic rings. The first-order valence-electron chi connectivity index (χ1n) is 6.59. The van der Waals surface area contributed by atoms with Gasteiger partial charge in [-0.3, -0.25) is 0 Å². The Morgan fingerprint density at radius 1 is 1.06 bits per heavy atom. The van der Waals surface area contributed by atoms with Crippen LogP contribution in [0.2, 0.25) is 0 Å². The van der Waals surface area contributed by atoms with Gasteiger partial charge in [0.15, 0.2) is 0 Å². The lowest BCUT2D eigenvalue weighted by Crippen LogP contribution is -2.03. The van der Waals surface area contributed by atoms with Crippen LogP contribution in [0.1, 0.15) is 68.7 Å². The summed E-state index contributed by atoms with van der Waals surface area (Å²) in [5, 5.41) is 0. The summed E-state index contributed by atoms with van der Waals surface area (Å²) < 4.78 is 0. The maximum absolute atomic E-state index is 2.36. The highest BCUT2D eigenvalue weighted by molar-refractivity contribution is 5.44. The van der Waals surface area contributed by atoms with Crippen molar-refractivity contribution in [2.45, 2.75) is 60.3 Å². The molecule has 0 spiro atoms. The SMILES string of the molecule is CC(C)=CC(C)c1c(C)ccc(C(C)C)c1C. The summed E-state index contributed by atoms with van der Waals surface area (Å²) in [6.07, 6.45) is 2.36. The van der Waals surface area contributed by atoms with E-state index in [1.165, 1.54) is 27.8 Å². The number of hydrogen-bond acceptors (Lipinski definition) is 0. The van der Waals surface area contributed by atoms with Crippen LogP contribution in [0.25, 0.3) is 0 Å². The number of rotatable bonds is 3. The average molecular weight is 230 g/mol. The lowest BCUT2D eigenvalue weighted by atomic mass is 9.85. The average Bonchev–Trinajstić information content (AvgIpc) is 2.15. The molecule has 1 atom stereocenters. The molecule has 0 fully saturated rings. The summed E-state index contributed by atoms with van der Waals surface area (Å²) in [5.41, 5.74) is 7.28. The van der Waals surface area contributed by atoms with Crippen molar-refractivity contribution in [2.75, 3.05) is 0 Å². The Bertz CT molecular complexity index is 418. The van der Waals surface area contributed by atoms with Gasteiger partial charge in [-0.05, 0) is 61.8 Å². The van der Waals surface area contributed by atoms with Crippen LogP contribution in [-0.2, 0) is 0 Å². The minimum atomic E-state index is 0.513. The van der Waals surface area contributed by atoms with Gasteiger partial charge in [0, 0.05) is 0 Å². The van der Waals surface area contributed by atoms with Gasteiger partial charge in [0.25, 0.3) is 0 Å². The molecule has 0 bridgehead atoms. The van der Waals surface area contributed by atoms with E-state index >= 15 is 0 Å². The third kappa shape index (κ3) is 3.21. The van der Waals surface area contributed by atoms with Crippen LogP contribution in [0.4, 0.5) is 0 Å². The normalized spacial score (nSPS) is 12.7. The fourth-order valence-electron chi connectivity index (χ4n) is 2.79. The molecule has 0 heterocycles. The molecule has 0 radical (unpaired) electrons. The van der Waals surface area contributed by atoms with Gasteiger partial charge in [-0.1, -0.05) is 44.6 Å². The number of allylic oxidation sites excluding steroid dienone is 2. The van der Waals surface area contributed by atoms with Gasteiger partial charge in [0.2, 0.25) is 0 Å². The van der Waals surface area contributed by atoms with E-state index in [-0.39, 0.29) is 0 Å². The van der Waals surface area contributed by atoms with Crippen molar-refractivity contribution in [3.63, 3.8) is 0 Å². The summed E-state index contributed by atoms with van der Waals surface area (Å²) in [5.74, 6) is 1.12. The number of benzene rings is 1. The molecular weight excluding hydrogens is 204 g/mol. The van der Waals surface area contributed by atoms with Crippen LogP contribution in [0.3, 0.4) is 0 Å². The predicted molar refractivity (Wildman–Crippen MR) is 77.9 cm³/mol. The second-order valence-electron chi connectivity index (χ2n) is 5.70. The van der Waals surface area contributed by atoms with E-state index in [1.807, 2.05) is 0 Å². The molecule has 0 aliphatic rings. The standard InChI is InChI=1S/C17H26/c1-11(2)10-14(6)17-13(5)8-9-16(12(3)4)15(17)7/h8-10,12,14H,1-7H3. The molecule has 0 heteroatoms. The Hall–Kier alpha value is -1.04. The Balaban J connectivity index is 3.32. The summed E-state index contributed by atoms with van der Waals surface area (Å²) in [6.45, 7) is 15.7. The first-order chi connectivity index (χ1) is 7.84. The van der Waals surface area contributed by atoms with Gasteiger partial charge >= 0.3 is 0 Å². The van der Waals surface area contributed by atoms with Crippen LogP contribution in [0.5, 0.6) is 0 Å². The highest BCUT2D eigenvalue weighted by Crippen LogP contribution is 2.30. The third-order valence-electron chi connectivity index (χ3n) is 3.44. The summed E-state index contributed by atoms with van der Waals surface area (Å²) >= 11 is 0. The highest BCUT2D eigenvalue weighted by Gasteiger charge is 2.13. The van der Waals surface area contributed by atoms with Gasteiger partial charge in [0.1, 0.15) is 0 Å². The summed E-state index contributed by atoms with van der Waals surface area (Å²) in [7, 11) is 0. The molecular formula is C17H26. The maximum atomic E-state index is 2.36. The molecule has 0 nitrogen and oxygen atoms in total. The maximum Gasteiger partial charge on any atom is -0.000262 e. The lowest BCUT2D eigenvalue weighted by Gasteiger charge is -2.20. The minimum Gasteiger partial charge on any atom is -0.0798 e. The Labute approximate surface area is 107 Å². The van der Waals surface area contributed by atoms with E-state index in [9.17, 15) is 0 Å². The Morgan fingerprint density at radius 2 is 1.65 bits per heavy atom. The van der Waals surface area contributed by atoms with E-state index < -0.39 is 0 Å². The van der Waals surface area contributed by atoms with Gasteiger partial charge in [-0.2, -0.15) is 0 Å². The van der Waals surface area contributed by atoms with E-state index in [1.54, 1.807) is 0 Å². The molecule has 94 valence electrons. The van der Waals surface area contributed by atoms with Crippen molar-refractivity contribution >= 4 is 0 Å². The first kappa shape index (κ1) is 14.0. The molecule has 17 heavy (non-hydrogen) atoms. The first-order valence-corrected chi connectivity index (χ1v) is 6.59. The topological polar surface area (TPSA) is 0 Å². The molecule has 1 unspecified atom stereocenters. The molecule has 0 saturated carbocycles. The zero-order valence-electron chi connectivity index (χ0n) is 12.4. The fraction of sp³-hybridized carbons (Fsp3) is 0.529. The molecule has 0 aromatic heterocycles. The molecule has 1 rings (SSSR count). The largest absolute Gasteiger partial charge is 0.0798 e. The summed E-state index contributed by atoms with van der Waals surface area (Å²) in [6, 6.07) is 4.56. The van der Waals surface area contributed by atoms with Gasteiger partial charge in [0.05, 0.1) is 0 Å². The van der Waals surface area contributed by atoms with E-state index in [2.05, 4.69) is 66.7 Å². The Kier molecular flexibility index (Phi) is 4.56. The highest BCUT2D eigenvalue weighted by atomic mass is 14.2. The quantitative estimate of drug-likeness (QED) is 0.602. The molecule has 1 aromatic carbocycles. The smallest absolute Gasteiger partial charge is 0.000262 e. The second-order valence-corrected chi connectivity index (χ2v) is 5.70. The zero-order valence-corrected chi connectivity index (χ0v) is 12.4. The van der Waals surface area contributed by atoms with Gasteiger partial charge in [-0.25, -0.2) is 0 Å². The second kappa shape index (κ2) is 5.53. The van der Waals surface area contributed by atoms with Crippen molar-refractivity contribution in [2.24, 2.45) is 0 Å². The molecule has 0 aliphatic carbocycles. The lowest BCUT2D eigenvalue weighted by molar-refractivity contribution is 0.835. The van der Waals surface area contributed by atoms with Crippen LogP contribution in [-0.4, -0.2) is 0 Å². The number of hydrogen-bond donors (Lipinski definition) is 0. The summed E-state index contributed by atoms with van der Waals surface area (Å²) in [4.78, 5) is 0. The molecule has 0 N–H and O–H groups in total. The van der Waals surface area contributed by atoms with Gasteiger partial charge in [-0.15, -0.1) is 0 Å². The monoisotopic (exact) mass is 230 g/mol. The minimum absolute atomic E-state index is 0.513. The third-order valence-corrected chi connectivity index (χ3v) is 3.44. The van der Waals surface area contributed by atoms with E-state index in [0.717, 1.165) is 0 Å². The van der Waals surface area contributed by atoms with Crippen molar-refractivity contribution in [1.82, 2.24) is 0 Å². The van der Waals surface area contributed by atoms with Crippen molar-refractivity contribution in [1.29, 1.82) is 0 Å². The number of aryl methyl sites for hydroxylation is 1. The van der Waals surface area contributed by atoms with E-state index in [4.69, 9.17) is 0 Å². The zero-order chi connectivity index (χ0) is 13.2. The fourth-order valence-corrected chi connectivity index (χ4v) is 2.79.